The number of nitrogens with zero attached hydrogens (tertiary/aromatic N) is 1. The molecule has 3 N–H and O–H groups in total. The van der Waals surface area contributed by atoms with Crippen LogP contribution in [0.1, 0.15) is 23.7 Å². The van der Waals surface area contributed by atoms with E-state index < -0.39 is 23.1 Å². The van der Waals surface area contributed by atoms with Crippen LogP contribution in [-0.4, -0.2) is 35.0 Å². The summed E-state index contributed by atoms with van der Waals surface area (Å²) in [6.45, 7) is 0. The summed E-state index contributed by atoms with van der Waals surface area (Å²) in [4.78, 5) is 43.4. The van der Waals surface area contributed by atoms with Gasteiger partial charge in [-0.15, -0.1) is 23.1 Å². The van der Waals surface area contributed by atoms with Crippen molar-refractivity contribution in [2.75, 3.05) is 17.7 Å². The fraction of sp³-hybridized carbons (Fsp3) is 0.188. The Morgan fingerprint density at radius 2 is 1.69 bits per heavy atom. The number of carbonyl (C=O) groups is 3. The minimum absolute atomic E-state index is 0.208. The number of thioether (sulfide) groups is 1. The van der Waals surface area contributed by atoms with E-state index in [1.54, 1.807) is 19.2 Å². The molecule has 3 unspecified atom stereocenters. The van der Waals surface area contributed by atoms with Crippen molar-refractivity contribution < 1.29 is 24.2 Å². The highest BCUT2D eigenvalue weighted by atomic mass is 32.2. The van der Waals surface area contributed by atoms with Gasteiger partial charge in [0.1, 0.15) is 11.0 Å². The molecule has 0 saturated heterocycles. The molecule has 1 aromatic heterocycles. The number of thiazole rings is 1. The molecule has 4 aromatic rings. The van der Waals surface area contributed by atoms with E-state index in [1.807, 2.05) is 84.3 Å². The topological polar surface area (TPSA) is 118 Å². The number of allylic oxidation sites excluding steroid dienone is 2. The maximum atomic E-state index is 13.5. The van der Waals surface area contributed by atoms with Crippen molar-refractivity contribution in [2.24, 2.45) is 11.8 Å². The zero-order chi connectivity index (χ0) is 29.5. The minimum atomic E-state index is -0.967. The SMILES string of the molecule is COc1cccc(-c2csc(NC(=O)C(Sc3ccc(NC(=O)C4CC=CCC4C(=O)O)cc3)c3ccccc3)n2)c1. The van der Waals surface area contributed by atoms with E-state index in [0.29, 0.717) is 23.7 Å². The summed E-state index contributed by atoms with van der Waals surface area (Å²) in [6.07, 6.45) is 4.39. The number of aromatic nitrogens is 1. The maximum Gasteiger partial charge on any atom is 0.307 e. The van der Waals surface area contributed by atoms with Gasteiger partial charge in [-0.3, -0.25) is 14.4 Å². The molecule has 214 valence electrons. The molecule has 1 aliphatic carbocycles. The van der Waals surface area contributed by atoms with Gasteiger partial charge in [-0.2, -0.15) is 0 Å². The number of benzene rings is 3. The van der Waals surface area contributed by atoms with E-state index >= 15 is 0 Å². The lowest BCUT2D eigenvalue weighted by atomic mass is 9.82. The summed E-state index contributed by atoms with van der Waals surface area (Å²) in [5.74, 6) is -2.12. The van der Waals surface area contributed by atoms with Crippen molar-refractivity contribution >= 4 is 51.7 Å². The van der Waals surface area contributed by atoms with Gasteiger partial charge in [0.2, 0.25) is 11.8 Å². The van der Waals surface area contributed by atoms with E-state index in [2.05, 4.69) is 15.6 Å². The highest BCUT2D eigenvalue weighted by Crippen LogP contribution is 2.37. The molecule has 0 fully saturated rings. The summed E-state index contributed by atoms with van der Waals surface area (Å²) < 4.78 is 5.31. The molecule has 42 heavy (non-hydrogen) atoms. The summed E-state index contributed by atoms with van der Waals surface area (Å²) >= 11 is 2.74. The van der Waals surface area contributed by atoms with E-state index in [-0.39, 0.29) is 11.8 Å². The second-order valence-electron chi connectivity index (χ2n) is 9.68. The molecule has 3 aromatic carbocycles. The van der Waals surface area contributed by atoms with Crippen LogP contribution < -0.4 is 15.4 Å². The van der Waals surface area contributed by atoms with Crippen molar-refractivity contribution in [1.82, 2.24) is 4.98 Å². The van der Waals surface area contributed by atoms with Crippen LogP contribution in [0.4, 0.5) is 10.8 Å². The summed E-state index contributed by atoms with van der Waals surface area (Å²) in [7, 11) is 1.61. The van der Waals surface area contributed by atoms with Crippen LogP contribution in [0.2, 0.25) is 0 Å². The summed E-state index contributed by atoms with van der Waals surface area (Å²) in [5.41, 5.74) is 3.05. The van der Waals surface area contributed by atoms with E-state index in [9.17, 15) is 19.5 Å². The fourth-order valence-corrected chi connectivity index (χ4v) is 6.43. The smallest absolute Gasteiger partial charge is 0.307 e. The Morgan fingerprint density at radius 1 is 0.952 bits per heavy atom. The number of amides is 2. The second kappa shape index (κ2) is 13.5. The first-order valence-electron chi connectivity index (χ1n) is 13.3. The van der Waals surface area contributed by atoms with E-state index in [0.717, 1.165) is 27.5 Å². The monoisotopic (exact) mass is 599 g/mol. The summed E-state index contributed by atoms with van der Waals surface area (Å²) in [6, 6.07) is 24.3. The second-order valence-corrected chi connectivity index (χ2v) is 11.7. The average molecular weight is 600 g/mol. The van der Waals surface area contributed by atoms with Gasteiger partial charge in [0, 0.05) is 21.5 Å². The number of hydrogen-bond acceptors (Lipinski definition) is 7. The van der Waals surface area contributed by atoms with Crippen LogP contribution in [0.25, 0.3) is 11.3 Å². The number of anilines is 2. The molecule has 10 heteroatoms. The molecule has 0 saturated carbocycles. The van der Waals surface area contributed by atoms with E-state index in [1.165, 1.54) is 23.1 Å². The third-order valence-electron chi connectivity index (χ3n) is 6.90. The van der Waals surface area contributed by atoms with Gasteiger partial charge < -0.3 is 20.5 Å². The van der Waals surface area contributed by atoms with Crippen molar-refractivity contribution in [3.63, 3.8) is 0 Å². The van der Waals surface area contributed by atoms with Crippen LogP contribution in [0.3, 0.4) is 0 Å². The first-order valence-corrected chi connectivity index (χ1v) is 15.1. The highest BCUT2D eigenvalue weighted by molar-refractivity contribution is 8.00. The fourth-order valence-electron chi connectivity index (χ4n) is 4.68. The van der Waals surface area contributed by atoms with Crippen LogP contribution in [0.15, 0.2) is 101 Å². The van der Waals surface area contributed by atoms with Gasteiger partial charge >= 0.3 is 5.97 Å². The first kappa shape index (κ1) is 29.1. The van der Waals surface area contributed by atoms with Crippen molar-refractivity contribution in [3.05, 3.63) is 102 Å². The lowest BCUT2D eigenvalue weighted by Gasteiger charge is -2.24. The van der Waals surface area contributed by atoms with Crippen molar-refractivity contribution in [1.29, 1.82) is 0 Å². The number of carboxylic acids is 1. The number of rotatable bonds is 10. The highest BCUT2D eigenvalue weighted by Gasteiger charge is 2.34. The Bertz CT molecular complexity index is 1590. The normalized spacial score (nSPS) is 16.8. The van der Waals surface area contributed by atoms with Crippen LogP contribution in [0.5, 0.6) is 5.75 Å². The molecule has 0 spiro atoms. The number of methoxy groups -OCH3 is 1. The Hall–Kier alpha value is -4.41. The van der Waals surface area contributed by atoms with Gasteiger partial charge in [0.25, 0.3) is 0 Å². The molecular weight excluding hydrogens is 571 g/mol. The molecular formula is C32H29N3O5S2. The van der Waals surface area contributed by atoms with Gasteiger partial charge in [-0.05, 0) is 54.8 Å². The number of carboxylic acid groups (broad SMARTS) is 1. The molecule has 0 radical (unpaired) electrons. The molecule has 0 aliphatic heterocycles. The molecule has 2 amide bonds. The predicted octanol–water partition coefficient (Wildman–Crippen LogP) is 6.90. The van der Waals surface area contributed by atoms with Gasteiger partial charge in [0.05, 0.1) is 24.6 Å². The Kier molecular flexibility index (Phi) is 9.35. The summed E-state index contributed by atoms with van der Waals surface area (Å²) in [5, 5.41) is 17.1. The number of carbonyl (C=O) groups excluding carboxylic acids is 2. The number of hydrogen-bond donors (Lipinski definition) is 3. The lowest BCUT2D eigenvalue weighted by Crippen LogP contribution is -2.34. The van der Waals surface area contributed by atoms with Crippen molar-refractivity contribution in [2.45, 2.75) is 23.0 Å². The molecule has 5 rings (SSSR count). The van der Waals surface area contributed by atoms with Crippen molar-refractivity contribution in [3.8, 4) is 17.0 Å². The average Bonchev–Trinajstić information content (AvgIpc) is 3.49. The standard InChI is InChI=1S/C32H29N3O5S2/c1-40-23-11-7-10-21(18-23)27-19-41-32(34-27)35-30(37)28(20-8-3-2-4-9-20)42-24-16-14-22(15-17-24)33-29(36)25-12-5-6-13-26(25)31(38)39/h2-11,14-19,25-26,28H,12-13H2,1H3,(H,33,36)(H,38,39)(H,34,35,37). The van der Waals surface area contributed by atoms with Crippen LogP contribution >= 0.6 is 23.1 Å². The molecule has 3 atom stereocenters. The van der Waals surface area contributed by atoms with Gasteiger partial charge in [-0.1, -0.05) is 54.6 Å². The number of nitrogens with one attached hydrogen (secondary N) is 2. The molecule has 8 nitrogen and oxygen atoms in total. The quantitative estimate of drug-likeness (QED) is 0.134. The van der Waals surface area contributed by atoms with Crippen LogP contribution in [-0.2, 0) is 14.4 Å². The lowest BCUT2D eigenvalue weighted by molar-refractivity contribution is -0.146. The Labute approximate surface area is 251 Å². The zero-order valence-corrected chi connectivity index (χ0v) is 24.4. The number of ether oxygens (including phenoxy) is 1. The Balaban J connectivity index is 1.28. The predicted molar refractivity (Wildman–Crippen MR) is 166 cm³/mol. The van der Waals surface area contributed by atoms with E-state index in [4.69, 9.17) is 4.74 Å². The van der Waals surface area contributed by atoms with Gasteiger partial charge in [-0.25, -0.2) is 4.98 Å². The minimum Gasteiger partial charge on any atom is -0.497 e. The largest absolute Gasteiger partial charge is 0.497 e. The molecule has 1 heterocycles. The number of aliphatic carboxylic acids is 1. The third kappa shape index (κ3) is 7.07. The van der Waals surface area contributed by atoms with Gasteiger partial charge in [0.15, 0.2) is 5.13 Å². The first-order chi connectivity index (χ1) is 20.4. The maximum absolute atomic E-state index is 13.5. The molecule has 0 bridgehead atoms. The zero-order valence-electron chi connectivity index (χ0n) is 22.7. The third-order valence-corrected chi connectivity index (χ3v) is 8.93. The van der Waals surface area contributed by atoms with Crippen LogP contribution in [0, 0.1) is 11.8 Å². The molecule has 1 aliphatic rings. The Morgan fingerprint density at radius 3 is 2.40 bits per heavy atom.